The van der Waals surface area contributed by atoms with Crippen LogP contribution in [0.5, 0.6) is 0 Å². The highest BCUT2D eigenvalue weighted by atomic mass is 16.4. The van der Waals surface area contributed by atoms with Crippen molar-refractivity contribution in [3.05, 3.63) is 60.2 Å². The molecule has 1 aliphatic rings. The second kappa shape index (κ2) is 11.6. The largest absolute Gasteiger partial charge is 0.481 e. The van der Waals surface area contributed by atoms with E-state index in [1.165, 1.54) is 0 Å². The van der Waals surface area contributed by atoms with Gasteiger partial charge in [0.2, 0.25) is 0 Å². The molecule has 1 aliphatic carbocycles. The lowest BCUT2D eigenvalue weighted by Gasteiger charge is -2.17. The Balaban J connectivity index is 1.82. The van der Waals surface area contributed by atoms with Gasteiger partial charge in [0.1, 0.15) is 5.78 Å². The number of aryl methyl sites for hydroxylation is 1. The number of carboxylic acid groups (broad SMARTS) is 1. The number of carbonyl (C=O) groups is 2. The van der Waals surface area contributed by atoms with Crippen molar-refractivity contribution < 1.29 is 24.9 Å². The SMILES string of the molecule is O=C(O)CCC/C=C\C[C@@H]1[C@H](O)CC(=O)[C@@H]1/C=C/[C@@H](O)CCc1ccccc1. The number of aliphatic carboxylic acids is 1. The van der Waals surface area contributed by atoms with E-state index in [1.807, 2.05) is 42.5 Å². The molecule has 1 fully saturated rings. The van der Waals surface area contributed by atoms with Crippen LogP contribution in [0.1, 0.15) is 44.1 Å². The molecule has 152 valence electrons. The third-order valence-electron chi connectivity index (χ3n) is 5.19. The second-order valence-electron chi connectivity index (χ2n) is 7.40. The minimum absolute atomic E-state index is 0.00304. The summed E-state index contributed by atoms with van der Waals surface area (Å²) >= 11 is 0. The molecular formula is C23H30O5. The molecule has 0 spiro atoms. The number of carboxylic acids is 1. The first-order valence-electron chi connectivity index (χ1n) is 9.95. The highest BCUT2D eigenvalue weighted by Crippen LogP contribution is 2.33. The molecule has 0 bridgehead atoms. The third kappa shape index (κ3) is 7.41. The van der Waals surface area contributed by atoms with Crippen molar-refractivity contribution in [2.75, 3.05) is 0 Å². The van der Waals surface area contributed by atoms with Gasteiger partial charge in [0, 0.05) is 24.7 Å². The van der Waals surface area contributed by atoms with Gasteiger partial charge in [0.15, 0.2) is 0 Å². The smallest absolute Gasteiger partial charge is 0.303 e. The maximum atomic E-state index is 12.2. The molecule has 0 aromatic heterocycles. The van der Waals surface area contributed by atoms with Gasteiger partial charge in [-0.1, -0.05) is 54.6 Å². The van der Waals surface area contributed by atoms with Crippen molar-refractivity contribution in [1.29, 1.82) is 0 Å². The number of ketones is 1. The van der Waals surface area contributed by atoms with E-state index in [1.54, 1.807) is 12.2 Å². The molecule has 0 unspecified atom stereocenters. The first kappa shape index (κ1) is 22.1. The van der Waals surface area contributed by atoms with Crippen molar-refractivity contribution in [1.82, 2.24) is 0 Å². The molecule has 28 heavy (non-hydrogen) atoms. The Labute approximate surface area is 166 Å². The molecule has 1 saturated carbocycles. The predicted octanol–water partition coefficient (Wildman–Crippen LogP) is 3.30. The van der Waals surface area contributed by atoms with Gasteiger partial charge >= 0.3 is 5.97 Å². The average molecular weight is 386 g/mol. The molecule has 2 rings (SSSR count). The number of allylic oxidation sites excluding steroid dienone is 3. The summed E-state index contributed by atoms with van der Waals surface area (Å²) in [4.78, 5) is 22.7. The Bertz CT molecular complexity index is 679. The third-order valence-corrected chi connectivity index (χ3v) is 5.19. The van der Waals surface area contributed by atoms with Crippen molar-refractivity contribution in [2.24, 2.45) is 11.8 Å². The van der Waals surface area contributed by atoms with Crippen LogP contribution in [0.15, 0.2) is 54.6 Å². The van der Waals surface area contributed by atoms with Crippen LogP contribution in [0.25, 0.3) is 0 Å². The molecule has 3 N–H and O–H groups in total. The standard InChI is InChI=1S/C23H30O5/c24-18(13-12-17-8-4-3-5-9-17)14-15-20-19(21(25)16-22(20)26)10-6-1-2-7-11-23(27)28/h1,3-6,8-9,14-15,18-21,24-25H,2,7,10-13,16H2,(H,27,28)/b6-1-,15-14+/t18-,19-,20+,21+/m0/s1. The number of hydrogen-bond acceptors (Lipinski definition) is 4. The molecule has 0 radical (unpaired) electrons. The van der Waals surface area contributed by atoms with Crippen molar-refractivity contribution >= 4 is 11.8 Å². The Morgan fingerprint density at radius 3 is 2.68 bits per heavy atom. The number of aliphatic hydroxyl groups is 2. The zero-order chi connectivity index (χ0) is 20.4. The van der Waals surface area contributed by atoms with Crippen LogP contribution in [0.3, 0.4) is 0 Å². The summed E-state index contributed by atoms with van der Waals surface area (Å²) in [6.45, 7) is 0. The second-order valence-corrected chi connectivity index (χ2v) is 7.40. The first-order chi connectivity index (χ1) is 13.5. The number of unbranched alkanes of at least 4 members (excludes halogenated alkanes) is 1. The minimum Gasteiger partial charge on any atom is -0.481 e. The maximum absolute atomic E-state index is 12.2. The normalized spacial score (nSPS) is 23.6. The number of benzene rings is 1. The molecule has 5 nitrogen and oxygen atoms in total. The summed E-state index contributed by atoms with van der Waals surface area (Å²) in [5, 5.41) is 29.0. The summed E-state index contributed by atoms with van der Waals surface area (Å²) < 4.78 is 0. The number of rotatable bonds is 11. The zero-order valence-electron chi connectivity index (χ0n) is 16.1. The Kier molecular flexibility index (Phi) is 9.11. The lowest BCUT2D eigenvalue weighted by atomic mass is 9.90. The maximum Gasteiger partial charge on any atom is 0.303 e. The summed E-state index contributed by atoms with van der Waals surface area (Å²) in [6, 6.07) is 9.93. The van der Waals surface area contributed by atoms with E-state index in [2.05, 4.69) is 0 Å². The molecule has 1 aromatic rings. The fraction of sp³-hybridized carbons (Fsp3) is 0.478. The molecule has 0 aliphatic heterocycles. The van der Waals surface area contributed by atoms with Gasteiger partial charge in [0.25, 0.3) is 0 Å². The van der Waals surface area contributed by atoms with E-state index in [0.29, 0.717) is 25.7 Å². The molecule has 0 heterocycles. The summed E-state index contributed by atoms with van der Waals surface area (Å²) in [7, 11) is 0. The Morgan fingerprint density at radius 2 is 1.96 bits per heavy atom. The Morgan fingerprint density at radius 1 is 1.21 bits per heavy atom. The topological polar surface area (TPSA) is 94.8 Å². The van der Waals surface area contributed by atoms with Crippen LogP contribution in [-0.4, -0.2) is 39.3 Å². The van der Waals surface area contributed by atoms with E-state index in [0.717, 1.165) is 12.0 Å². The van der Waals surface area contributed by atoms with E-state index in [9.17, 15) is 19.8 Å². The molecule has 1 aromatic carbocycles. The highest BCUT2D eigenvalue weighted by molar-refractivity contribution is 5.86. The van der Waals surface area contributed by atoms with E-state index >= 15 is 0 Å². The minimum atomic E-state index is -0.804. The van der Waals surface area contributed by atoms with Crippen LogP contribution in [0.2, 0.25) is 0 Å². The summed E-state index contributed by atoms with van der Waals surface area (Å²) in [5.41, 5.74) is 1.16. The zero-order valence-corrected chi connectivity index (χ0v) is 16.1. The van der Waals surface area contributed by atoms with Gasteiger partial charge in [-0.15, -0.1) is 0 Å². The monoisotopic (exact) mass is 386 g/mol. The average Bonchev–Trinajstić information content (AvgIpc) is 2.94. The van der Waals surface area contributed by atoms with Crippen LogP contribution in [0.4, 0.5) is 0 Å². The van der Waals surface area contributed by atoms with Crippen LogP contribution < -0.4 is 0 Å². The van der Waals surface area contributed by atoms with Gasteiger partial charge in [-0.05, 0) is 37.7 Å². The summed E-state index contributed by atoms with van der Waals surface area (Å²) in [5.74, 6) is -1.38. The molecule has 4 atom stereocenters. The number of hydrogen-bond donors (Lipinski definition) is 3. The fourth-order valence-electron chi connectivity index (χ4n) is 3.57. The van der Waals surface area contributed by atoms with Crippen molar-refractivity contribution in [2.45, 2.75) is 57.2 Å². The predicted molar refractivity (Wildman–Crippen MR) is 108 cm³/mol. The highest BCUT2D eigenvalue weighted by Gasteiger charge is 2.39. The van der Waals surface area contributed by atoms with Gasteiger partial charge in [-0.25, -0.2) is 0 Å². The van der Waals surface area contributed by atoms with Crippen LogP contribution in [-0.2, 0) is 16.0 Å². The van der Waals surface area contributed by atoms with E-state index < -0.39 is 18.2 Å². The summed E-state index contributed by atoms with van der Waals surface area (Å²) in [6.07, 6.45) is 9.39. The number of carbonyl (C=O) groups excluding carboxylic acids is 1. The molecule has 0 saturated heterocycles. The van der Waals surface area contributed by atoms with E-state index in [-0.39, 0.29) is 30.5 Å². The number of Topliss-reactive ketones (excluding diaryl/α,β-unsaturated/α-hetero) is 1. The van der Waals surface area contributed by atoms with Crippen molar-refractivity contribution in [3.63, 3.8) is 0 Å². The lowest BCUT2D eigenvalue weighted by Crippen LogP contribution is -2.19. The lowest BCUT2D eigenvalue weighted by molar-refractivity contribution is -0.137. The van der Waals surface area contributed by atoms with Gasteiger partial charge < -0.3 is 15.3 Å². The van der Waals surface area contributed by atoms with Gasteiger partial charge in [-0.3, -0.25) is 9.59 Å². The van der Waals surface area contributed by atoms with Gasteiger partial charge in [0.05, 0.1) is 12.2 Å². The van der Waals surface area contributed by atoms with Crippen molar-refractivity contribution in [3.8, 4) is 0 Å². The molecule has 5 heteroatoms. The van der Waals surface area contributed by atoms with Crippen LogP contribution in [0, 0.1) is 11.8 Å². The number of aliphatic hydroxyl groups excluding tert-OH is 2. The quantitative estimate of drug-likeness (QED) is 0.401. The molecular weight excluding hydrogens is 356 g/mol. The Hall–Kier alpha value is -2.24. The van der Waals surface area contributed by atoms with Crippen LogP contribution >= 0.6 is 0 Å². The fourth-order valence-corrected chi connectivity index (χ4v) is 3.57. The van der Waals surface area contributed by atoms with Gasteiger partial charge in [-0.2, -0.15) is 0 Å². The van der Waals surface area contributed by atoms with E-state index in [4.69, 9.17) is 5.11 Å². The first-order valence-corrected chi connectivity index (χ1v) is 9.95. The molecule has 0 amide bonds.